The number of halogens is 2. The van der Waals surface area contributed by atoms with E-state index in [1.54, 1.807) is 6.92 Å². The first-order chi connectivity index (χ1) is 9.98. The van der Waals surface area contributed by atoms with E-state index < -0.39 is 23.0 Å². The second-order valence-corrected chi connectivity index (χ2v) is 5.39. The number of Topliss-reactive ketones (excluding diaryl/α,β-unsaturated/α-hetero) is 1. The van der Waals surface area contributed by atoms with Gasteiger partial charge in [-0.05, 0) is 43.9 Å². The molecule has 1 fully saturated rings. The molecule has 1 aliphatic carbocycles. The fourth-order valence-electron chi connectivity index (χ4n) is 2.90. The summed E-state index contributed by atoms with van der Waals surface area (Å²) in [6.45, 7) is 1.84. The van der Waals surface area contributed by atoms with Crippen LogP contribution >= 0.6 is 0 Å². The number of rotatable bonds is 4. The molecule has 0 aliphatic heterocycles. The number of benzene rings is 1. The van der Waals surface area contributed by atoms with E-state index in [1.807, 2.05) is 0 Å². The van der Waals surface area contributed by atoms with Crippen molar-refractivity contribution in [2.24, 2.45) is 5.41 Å². The normalized spacial score (nSPS) is 22.1. The van der Waals surface area contributed by atoms with Crippen LogP contribution in [-0.4, -0.2) is 18.4 Å². The van der Waals surface area contributed by atoms with Crippen molar-refractivity contribution in [2.45, 2.75) is 39.0 Å². The average Bonchev–Trinajstić information content (AvgIpc) is 2.40. The Labute approximate surface area is 122 Å². The third-order valence-corrected chi connectivity index (χ3v) is 3.89. The molecule has 0 aromatic heterocycles. The van der Waals surface area contributed by atoms with Gasteiger partial charge in [0.15, 0.2) is 5.78 Å². The first-order valence-corrected chi connectivity index (χ1v) is 7.13. The van der Waals surface area contributed by atoms with Gasteiger partial charge in [-0.1, -0.05) is 6.42 Å². The fourth-order valence-corrected chi connectivity index (χ4v) is 2.90. The van der Waals surface area contributed by atoms with E-state index in [0.29, 0.717) is 18.4 Å². The molecule has 0 N–H and O–H groups in total. The van der Waals surface area contributed by atoms with Crippen molar-refractivity contribution in [1.82, 2.24) is 0 Å². The Morgan fingerprint density at radius 2 is 1.90 bits per heavy atom. The molecule has 0 spiro atoms. The van der Waals surface area contributed by atoms with Crippen molar-refractivity contribution in [3.63, 3.8) is 0 Å². The van der Waals surface area contributed by atoms with E-state index in [9.17, 15) is 18.4 Å². The standard InChI is InChI=1S/C16H18F2O3/c1-2-21-15(20)16(6-4-3-5-14(16)19)10-11-7-12(17)9-13(18)8-11/h7-9H,2-6,10H2,1H3. The minimum Gasteiger partial charge on any atom is -0.465 e. The first-order valence-electron chi connectivity index (χ1n) is 7.13. The van der Waals surface area contributed by atoms with Crippen LogP contribution in [0, 0.1) is 17.0 Å². The number of esters is 1. The van der Waals surface area contributed by atoms with E-state index >= 15 is 0 Å². The molecular formula is C16H18F2O3. The SMILES string of the molecule is CCOC(=O)C1(Cc2cc(F)cc(F)c2)CCCCC1=O. The number of ether oxygens (including phenoxy) is 1. The van der Waals surface area contributed by atoms with Crippen LogP contribution in [0.3, 0.4) is 0 Å². The highest BCUT2D eigenvalue weighted by molar-refractivity contribution is 6.04. The van der Waals surface area contributed by atoms with Gasteiger partial charge in [0.2, 0.25) is 0 Å². The molecule has 1 aromatic carbocycles. The lowest BCUT2D eigenvalue weighted by molar-refractivity contribution is -0.162. The Morgan fingerprint density at radius 3 is 2.48 bits per heavy atom. The van der Waals surface area contributed by atoms with Crippen molar-refractivity contribution in [3.05, 3.63) is 35.4 Å². The lowest BCUT2D eigenvalue weighted by Gasteiger charge is -2.33. The lowest BCUT2D eigenvalue weighted by Crippen LogP contribution is -2.44. The minimum atomic E-state index is -1.30. The maximum atomic E-state index is 13.3. The molecule has 1 unspecified atom stereocenters. The van der Waals surface area contributed by atoms with Gasteiger partial charge < -0.3 is 4.74 Å². The van der Waals surface area contributed by atoms with Crippen LogP contribution in [0.5, 0.6) is 0 Å². The number of hydrogen-bond donors (Lipinski definition) is 0. The molecule has 0 heterocycles. The molecule has 1 aromatic rings. The van der Waals surface area contributed by atoms with Gasteiger partial charge in [-0.3, -0.25) is 9.59 Å². The maximum Gasteiger partial charge on any atom is 0.319 e. The largest absolute Gasteiger partial charge is 0.465 e. The Kier molecular flexibility index (Phi) is 4.70. The monoisotopic (exact) mass is 296 g/mol. The molecule has 1 aliphatic rings. The second-order valence-electron chi connectivity index (χ2n) is 5.39. The van der Waals surface area contributed by atoms with Crippen LogP contribution in [0.1, 0.15) is 38.2 Å². The highest BCUT2D eigenvalue weighted by atomic mass is 19.1. The summed E-state index contributed by atoms with van der Waals surface area (Å²) in [5.41, 5.74) is -0.995. The smallest absolute Gasteiger partial charge is 0.319 e. The topological polar surface area (TPSA) is 43.4 Å². The van der Waals surface area contributed by atoms with Gasteiger partial charge in [-0.15, -0.1) is 0 Å². The minimum absolute atomic E-state index is 0.0145. The molecule has 0 radical (unpaired) electrons. The van der Waals surface area contributed by atoms with E-state index in [1.165, 1.54) is 0 Å². The zero-order valence-corrected chi connectivity index (χ0v) is 12.0. The predicted octanol–water partition coefficient (Wildman–Crippen LogP) is 3.20. The van der Waals surface area contributed by atoms with Crippen LogP contribution in [0.4, 0.5) is 8.78 Å². The Hall–Kier alpha value is -1.78. The van der Waals surface area contributed by atoms with E-state index in [4.69, 9.17) is 4.74 Å². The number of hydrogen-bond acceptors (Lipinski definition) is 3. The molecule has 21 heavy (non-hydrogen) atoms. The number of carbonyl (C=O) groups is 2. The van der Waals surface area contributed by atoms with E-state index in [2.05, 4.69) is 0 Å². The van der Waals surface area contributed by atoms with E-state index in [-0.39, 0.29) is 18.8 Å². The van der Waals surface area contributed by atoms with Crippen molar-refractivity contribution >= 4 is 11.8 Å². The third-order valence-electron chi connectivity index (χ3n) is 3.89. The van der Waals surface area contributed by atoms with Crippen LogP contribution < -0.4 is 0 Å². The highest BCUT2D eigenvalue weighted by Crippen LogP contribution is 2.38. The van der Waals surface area contributed by atoms with Crippen molar-refractivity contribution < 1.29 is 23.1 Å². The summed E-state index contributed by atoms with van der Waals surface area (Å²) in [6, 6.07) is 3.08. The fraction of sp³-hybridized carbons (Fsp3) is 0.500. The summed E-state index contributed by atoms with van der Waals surface area (Å²) < 4.78 is 31.7. The molecule has 1 saturated carbocycles. The molecular weight excluding hydrogens is 278 g/mol. The van der Waals surface area contributed by atoms with Crippen LogP contribution in [0.2, 0.25) is 0 Å². The summed E-state index contributed by atoms with van der Waals surface area (Å²) in [4.78, 5) is 24.6. The summed E-state index contributed by atoms with van der Waals surface area (Å²) in [7, 11) is 0. The van der Waals surface area contributed by atoms with Gasteiger partial charge in [0.1, 0.15) is 17.0 Å². The highest BCUT2D eigenvalue weighted by Gasteiger charge is 2.47. The van der Waals surface area contributed by atoms with Gasteiger partial charge >= 0.3 is 5.97 Å². The summed E-state index contributed by atoms with van der Waals surface area (Å²) in [6.07, 6.45) is 2.11. The number of carbonyl (C=O) groups excluding carboxylic acids is 2. The third kappa shape index (κ3) is 3.28. The molecule has 0 amide bonds. The summed E-state index contributed by atoms with van der Waals surface area (Å²) >= 11 is 0. The molecule has 1 atom stereocenters. The molecule has 2 rings (SSSR count). The molecule has 114 valence electrons. The van der Waals surface area contributed by atoms with Gasteiger partial charge in [-0.2, -0.15) is 0 Å². The van der Waals surface area contributed by atoms with Crippen LogP contribution in [-0.2, 0) is 20.7 Å². The van der Waals surface area contributed by atoms with Crippen molar-refractivity contribution in [3.8, 4) is 0 Å². The molecule has 5 heteroatoms. The quantitative estimate of drug-likeness (QED) is 0.633. The van der Waals surface area contributed by atoms with Gasteiger partial charge in [0, 0.05) is 12.5 Å². The predicted molar refractivity (Wildman–Crippen MR) is 72.6 cm³/mol. The zero-order chi connectivity index (χ0) is 15.5. The lowest BCUT2D eigenvalue weighted by atomic mass is 9.69. The van der Waals surface area contributed by atoms with Crippen molar-refractivity contribution in [1.29, 1.82) is 0 Å². The maximum absolute atomic E-state index is 13.3. The van der Waals surface area contributed by atoms with Crippen LogP contribution in [0.25, 0.3) is 0 Å². The van der Waals surface area contributed by atoms with Crippen molar-refractivity contribution in [2.75, 3.05) is 6.61 Å². The molecule has 0 bridgehead atoms. The van der Waals surface area contributed by atoms with Crippen LogP contribution in [0.15, 0.2) is 18.2 Å². The summed E-state index contributed by atoms with van der Waals surface area (Å²) in [5, 5.41) is 0. The van der Waals surface area contributed by atoms with Gasteiger partial charge in [-0.25, -0.2) is 8.78 Å². The van der Waals surface area contributed by atoms with Gasteiger partial charge in [0.05, 0.1) is 6.61 Å². The molecule has 0 saturated heterocycles. The second kappa shape index (κ2) is 6.33. The Bertz CT molecular complexity index is 536. The average molecular weight is 296 g/mol. The van der Waals surface area contributed by atoms with E-state index in [0.717, 1.165) is 31.0 Å². The molecule has 3 nitrogen and oxygen atoms in total. The Balaban J connectivity index is 2.35. The van der Waals surface area contributed by atoms with Gasteiger partial charge in [0.25, 0.3) is 0 Å². The Morgan fingerprint density at radius 1 is 1.24 bits per heavy atom. The zero-order valence-electron chi connectivity index (χ0n) is 12.0. The summed E-state index contributed by atoms with van der Waals surface area (Å²) in [5.74, 6) is -2.21. The number of ketones is 1. The first kappa shape index (κ1) is 15.6.